The second kappa shape index (κ2) is 12.1. The first-order valence-electron chi connectivity index (χ1n) is 10.7. The largest absolute Gasteiger partial charge is 0.489 e. The summed E-state index contributed by atoms with van der Waals surface area (Å²) in [7, 11) is 0. The number of carbonyl (C=O) groups excluding carboxylic acids is 1. The van der Waals surface area contributed by atoms with E-state index in [9.17, 15) is 9.90 Å². The second-order valence-corrected chi connectivity index (χ2v) is 8.21. The highest BCUT2D eigenvalue weighted by atomic mass is 16.5. The maximum Gasteiger partial charge on any atom is 0.252 e. The lowest BCUT2D eigenvalue weighted by Crippen LogP contribution is -2.29. The van der Waals surface area contributed by atoms with Crippen LogP contribution in [0.15, 0.2) is 46.9 Å². The molecule has 1 unspecified atom stereocenters. The van der Waals surface area contributed by atoms with Crippen LogP contribution in [0.5, 0.6) is 5.75 Å². The Bertz CT molecular complexity index is 866. The van der Waals surface area contributed by atoms with E-state index in [-0.39, 0.29) is 18.3 Å². The molecule has 9 nitrogen and oxygen atoms in total. The van der Waals surface area contributed by atoms with Gasteiger partial charge in [0.1, 0.15) is 24.3 Å². The maximum atomic E-state index is 11.9. The highest BCUT2D eigenvalue weighted by Gasteiger charge is 2.15. The zero-order valence-corrected chi connectivity index (χ0v) is 19.3. The molecular weight excluding hydrogens is 410 g/mol. The molecule has 0 aliphatic carbocycles. The number of fused-ring (bicyclic) bond motifs is 1. The lowest BCUT2D eigenvalue weighted by molar-refractivity contribution is -0.114. The second-order valence-electron chi connectivity index (χ2n) is 8.21. The smallest absolute Gasteiger partial charge is 0.252 e. The Labute approximate surface area is 189 Å². The molecule has 1 aromatic carbocycles. The quantitative estimate of drug-likeness (QED) is 0.261. The Morgan fingerprint density at radius 2 is 2.22 bits per heavy atom. The number of β-amino-alcohol motifs (C(OH)–C–C–N with tert-alkyl or cyclic N) is 1. The SMILES string of the molecule is C=C(N=C/C(C(N)=O)=C(\C)NCC(C)OCC(C)C)Nc1ccc2c(c1)NC[C@H](O)CO2. The van der Waals surface area contributed by atoms with E-state index in [4.69, 9.17) is 15.2 Å². The van der Waals surface area contributed by atoms with Gasteiger partial charge in [0.15, 0.2) is 0 Å². The minimum Gasteiger partial charge on any atom is -0.489 e. The summed E-state index contributed by atoms with van der Waals surface area (Å²) in [5.74, 6) is 0.857. The van der Waals surface area contributed by atoms with Gasteiger partial charge in [-0.15, -0.1) is 0 Å². The topological polar surface area (TPSA) is 130 Å². The van der Waals surface area contributed by atoms with Gasteiger partial charge in [0.2, 0.25) is 0 Å². The van der Waals surface area contributed by atoms with Crippen molar-refractivity contribution < 1.29 is 19.4 Å². The molecule has 6 N–H and O–H groups in total. The Hall–Kier alpha value is -3.04. The molecule has 0 aromatic heterocycles. The van der Waals surface area contributed by atoms with E-state index >= 15 is 0 Å². The molecule has 2 atom stereocenters. The van der Waals surface area contributed by atoms with E-state index in [0.29, 0.717) is 42.9 Å². The molecule has 0 saturated carbocycles. The van der Waals surface area contributed by atoms with E-state index in [0.717, 1.165) is 11.4 Å². The number of nitrogens with zero attached hydrogens (tertiary/aromatic N) is 1. The molecule has 1 heterocycles. The average Bonchev–Trinajstić information content (AvgIpc) is 2.92. The van der Waals surface area contributed by atoms with Crippen molar-refractivity contribution in [3.8, 4) is 5.75 Å². The molecule has 1 amide bonds. The number of nitrogens with one attached hydrogen (secondary N) is 3. The summed E-state index contributed by atoms with van der Waals surface area (Å²) in [6.45, 7) is 13.7. The van der Waals surface area contributed by atoms with Crippen LogP contribution in [0.2, 0.25) is 0 Å². The van der Waals surface area contributed by atoms with Crippen LogP contribution >= 0.6 is 0 Å². The molecule has 0 fully saturated rings. The number of nitrogens with two attached hydrogens (primary N) is 1. The van der Waals surface area contributed by atoms with Crippen LogP contribution < -0.4 is 26.4 Å². The molecule has 9 heteroatoms. The van der Waals surface area contributed by atoms with E-state index in [1.54, 1.807) is 13.0 Å². The number of aliphatic hydroxyl groups excluding tert-OH is 1. The van der Waals surface area contributed by atoms with Crippen molar-refractivity contribution in [2.45, 2.75) is 39.9 Å². The third kappa shape index (κ3) is 8.24. The fourth-order valence-electron chi connectivity index (χ4n) is 2.84. The van der Waals surface area contributed by atoms with Gasteiger partial charge < -0.3 is 36.3 Å². The van der Waals surface area contributed by atoms with Crippen LogP contribution in [0.25, 0.3) is 0 Å². The number of amides is 1. The Morgan fingerprint density at radius 1 is 1.47 bits per heavy atom. The minimum absolute atomic E-state index is 0.0121. The minimum atomic E-state index is -0.591. The van der Waals surface area contributed by atoms with Crippen LogP contribution in [0.3, 0.4) is 0 Å². The van der Waals surface area contributed by atoms with Gasteiger partial charge >= 0.3 is 0 Å². The van der Waals surface area contributed by atoms with Crippen molar-refractivity contribution in [1.82, 2.24) is 5.32 Å². The van der Waals surface area contributed by atoms with Crippen molar-refractivity contribution in [2.24, 2.45) is 16.6 Å². The van der Waals surface area contributed by atoms with Gasteiger partial charge in [-0.25, -0.2) is 4.99 Å². The number of allylic oxidation sites excluding steroid dienone is 1. The molecule has 176 valence electrons. The van der Waals surface area contributed by atoms with Gasteiger partial charge in [-0.3, -0.25) is 4.79 Å². The van der Waals surface area contributed by atoms with E-state index < -0.39 is 12.0 Å². The molecule has 1 aromatic rings. The van der Waals surface area contributed by atoms with Crippen molar-refractivity contribution >= 4 is 23.5 Å². The highest BCUT2D eigenvalue weighted by Crippen LogP contribution is 2.30. The molecular formula is C23H35N5O4. The number of carbonyl (C=O) groups is 1. The maximum absolute atomic E-state index is 11.9. The highest BCUT2D eigenvalue weighted by molar-refractivity contribution is 6.12. The molecule has 0 spiro atoms. The summed E-state index contributed by atoms with van der Waals surface area (Å²) in [6, 6.07) is 5.45. The molecule has 1 aliphatic rings. The summed E-state index contributed by atoms with van der Waals surface area (Å²) in [5, 5.41) is 19.1. The third-order valence-corrected chi connectivity index (χ3v) is 4.62. The Kier molecular flexibility index (Phi) is 9.55. The predicted octanol–water partition coefficient (Wildman–Crippen LogP) is 2.22. The number of benzene rings is 1. The van der Waals surface area contributed by atoms with E-state index in [1.807, 2.05) is 19.1 Å². The summed E-state index contributed by atoms with van der Waals surface area (Å²) >= 11 is 0. The summed E-state index contributed by atoms with van der Waals surface area (Å²) in [4.78, 5) is 16.1. The number of rotatable bonds is 11. The molecule has 2 rings (SSSR count). The monoisotopic (exact) mass is 445 g/mol. The number of ether oxygens (including phenoxy) is 2. The van der Waals surface area contributed by atoms with Crippen LogP contribution in [0.4, 0.5) is 11.4 Å². The Balaban J connectivity index is 1.98. The summed E-state index contributed by atoms with van der Waals surface area (Å²) in [6.07, 6.45) is 0.807. The van der Waals surface area contributed by atoms with Gasteiger partial charge in [-0.2, -0.15) is 0 Å². The normalized spacial score (nSPS) is 17.5. The fourth-order valence-corrected chi connectivity index (χ4v) is 2.84. The first kappa shape index (κ1) is 25.2. The third-order valence-electron chi connectivity index (χ3n) is 4.62. The number of anilines is 2. The fraction of sp³-hybridized carbons (Fsp3) is 0.478. The van der Waals surface area contributed by atoms with Gasteiger partial charge in [0, 0.05) is 37.3 Å². The number of hydrogen-bond donors (Lipinski definition) is 5. The standard InChI is InChI=1S/C23H35N5O4/c1-14(2)12-31-15(3)9-25-16(4)20(23(24)30)11-26-17(5)28-18-6-7-22-21(8-18)27-10-19(29)13-32-22/h6-8,11,14-15,19,25,27-29H,5,9-10,12-13H2,1-4H3,(H2,24,30)/b20-16-,26-11?/t15?,19-/m0/s1. The van der Waals surface area contributed by atoms with Gasteiger partial charge in [0.05, 0.1) is 17.4 Å². The number of aliphatic imine (C=N–C) groups is 1. The van der Waals surface area contributed by atoms with Gasteiger partial charge in [-0.1, -0.05) is 20.4 Å². The summed E-state index contributed by atoms with van der Waals surface area (Å²) in [5.41, 5.74) is 7.89. The van der Waals surface area contributed by atoms with Crippen molar-refractivity contribution in [3.05, 3.63) is 41.9 Å². The van der Waals surface area contributed by atoms with E-state index in [2.05, 4.69) is 41.4 Å². The predicted molar refractivity (Wildman–Crippen MR) is 128 cm³/mol. The number of primary amides is 1. The van der Waals surface area contributed by atoms with Gasteiger partial charge in [-0.05, 0) is 38.0 Å². The lowest BCUT2D eigenvalue weighted by atomic mass is 10.2. The van der Waals surface area contributed by atoms with Crippen molar-refractivity contribution in [1.29, 1.82) is 0 Å². The van der Waals surface area contributed by atoms with Crippen molar-refractivity contribution in [2.75, 3.05) is 36.9 Å². The average molecular weight is 446 g/mol. The first-order valence-corrected chi connectivity index (χ1v) is 10.7. The van der Waals surface area contributed by atoms with E-state index in [1.165, 1.54) is 6.21 Å². The molecule has 32 heavy (non-hydrogen) atoms. The zero-order chi connectivity index (χ0) is 23.7. The summed E-state index contributed by atoms with van der Waals surface area (Å²) < 4.78 is 11.3. The number of hydrogen-bond acceptors (Lipinski definition) is 8. The van der Waals surface area contributed by atoms with Crippen molar-refractivity contribution in [3.63, 3.8) is 0 Å². The van der Waals surface area contributed by atoms with Crippen LogP contribution in [-0.2, 0) is 9.53 Å². The molecule has 0 saturated heterocycles. The van der Waals surface area contributed by atoms with Gasteiger partial charge in [0.25, 0.3) is 5.91 Å². The molecule has 1 aliphatic heterocycles. The molecule has 0 bridgehead atoms. The Morgan fingerprint density at radius 3 is 2.91 bits per heavy atom. The van der Waals surface area contributed by atoms with Crippen LogP contribution in [0, 0.1) is 5.92 Å². The lowest BCUT2D eigenvalue weighted by Gasteiger charge is -2.17. The first-order chi connectivity index (χ1) is 15.2. The van der Waals surface area contributed by atoms with Crippen LogP contribution in [-0.4, -0.2) is 55.7 Å². The number of aliphatic hydroxyl groups is 1. The zero-order valence-electron chi connectivity index (χ0n) is 19.3. The van der Waals surface area contributed by atoms with Crippen LogP contribution in [0.1, 0.15) is 27.7 Å². The molecule has 0 radical (unpaired) electrons.